The Balaban J connectivity index is 0.00000195. The highest BCUT2D eigenvalue weighted by Gasteiger charge is 2.18. The fourth-order valence-electron chi connectivity index (χ4n) is 5.27. The molecule has 0 saturated heterocycles. The maximum absolute atomic E-state index is 6.25. The monoisotopic (exact) mass is 502 g/mol. The lowest BCUT2D eigenvalue weighted by Gasteiger charge is -2.29. The van der Waals surface area contributed by atoms with Gasteiger partial charge in [-0.25, -0.2) is 0 Å². The van der Waals surface area contributed by atoms with E-state index >= 15 is 0 Å². The van der Waals surface area contributed by atoms with Crippen molar-refractivity contribution >= 4 is 28.3 Å². The molecular formula is C36H42N2. The lowest BCUT2D eigenvalue weighted by molar-refractivity contribution is 1.23. The smallest absolute Gasteiger partial charge is 0.0482 e. The summed E-state index contributed by atoms with van der Waals surface area (Å²) in [7, 11) is 0. The topological polar surface area (TPSA) is 29.3 Å². The summed E-state index contributed by atoms with van der Waals surface area (Å²) in [5.74, 6) is 0. The molecule has 0 bridgehead atoms. The van der Waals surface area contributed by atoms with Crippen molar-refractivity contribution in [2.75, 3.05) is 10.6 Å². The Morgan fingerprint density at radius 1 is 0.658 bits per heavy atom. The number of nitrogens with zero attached hydrogens (tertiary/aromatic N) is 1. The van der Waals surface area contributed by atoms with E-state index in [1.807, 2.05) is 32.0 Å². The number of aryl methyl sites for hydroxylation is 4. The predicted molar refractivity (Wildman–Crippen MR) is 170 cm³/mol. The Morgan fingerprint density at radius 3 is 1.71 bits per heavy atom. The Morgan fingerprint density at radius 2 is 1.21 bits per heavy atom. The third kappa shape index (κ3) is 6.08. The van der Waals surface area contributed by atoms with E-state index in [2.05, 4.69) is 125 Å². The lowest BCUT2D eigenvalue weighted by Crippen LogP contribution is -2.12. The highest BCUT2D eigenvalue weighted by Crippen LogP contribution is 2.41. The van der Waals surface area contributed by atoms with Crippen LogP contribution in [0.5, 0.6) is 0 Å². The summed E-state index contributed by atoms with van der Waals surface area (Å²) in [5.41, 5.74) is 20.4. The van der Waals surface area contributed by atoms with Gasteiger partial charge in [-0.3, -0.25) is 0 Å². The van der Waals surface area contributed by atoms with Gasteiger partial charge in [-0.1, -0.05) is 68.5 Å². The summed E-state index contributed by atoms with van der Waals surface area (Å²) in [6.07, 6.45) is 6.46. The highest BCUT2D eigenvalue weighted by atomic mass is 15.1. The Kier molecular flexibility index (Phi) is 9.73. The molecule has 0 unspecified atom stereocenters. The van der Waals surface area contributed by atoms with Crippen molar-refractivity contribution in [3.8, 4) is 11.1 Å². The molecule has 2 nitrogen and oxygen atoms in total. The Bertz CT molecular complexity index is 1400. The molecule has 2 N–H and O–H groups in total. The van der Waals surface area contributed by atoms with Crippen LogP contribution in [0.1, 0.15) is 55.5 Å². The van der Waals surface area contributed by atoms with Gasteiger partial charge >= 0.3 is 0 Å². The molecule has 38 heavy (non-hydrogen) atoms. The molecule has 0 aliphatic carbocycles. The Hall–Kier alpha value is -4.04. The summed E-state index contributed by atoms with van der Waals surface area (Å²) in [4.78, 5) is 2.32. The van der Waals surface area contributed by atoms with Gasteiger partial charge in [0.1, 0.15) is 0 Å². The summed E-state index contributed by atoms with van der Waals surface area (Å²) in [6.45, 7) is 17.0. The number of anilines is 4. The van der Waals surface area contributed by atoms with Gasteiger partial charge in [0.25, 0.3) is 0 Å². The molecule has 0 radical (unpaired) electrons. The molecule has 196 valence electrons. The van der Waals surface area contributed by atoms with E-state index < -0.39 is 0 Å². The van der Waals surface area contributed by atoms with Gasteiger partial charge in [0.05, 0.1) is 0 Å². The standard InChI is InChI=1S/C34H36N2.C2H6/c1-7-13-27(8-2)33-23(3)18-31(19-24(33)4)36(30-17-12-16-29(35)22-30)32-20-25(5)34(26(6)21-32)28-14-10-9-11-15-28;1-2/h7-22H,35H2,1-6H3;1-2H3/b13-7-,27-8+;. The minimum Gasteiger partial charge on any atom is -0.399 e. The molecule has 4 aromatic rings. The third-order valence-electron chi connectivity index (χ3n) is 6.69. The van der Waals surface area contributed by atoms with E-state index in [4.69, 9.17) is 5.73 Å². The number of rotatable bonds is 6. The van der Waals surface area contributed by atoms with Crippen LogP contribution in [0.3, 0.4) is 0 Å². The second-order valence-electron chi connectivity index (χ2n) is 9.45. The van der Waals surface area contributed by atoms with Crippen molar-refractivity contribution in [3.05, 3.63) is 125 Å². The van der Waals surface area contributed by atoms with Gasteiger partial charge in [-0.05, 0) is 129 Å². The van der Waals surface area contributed by atoms with Crippen LogP contribution in [0.2, 0.25) is 0 Å². The van der Waals surface area contributed by atoms with Crippen molar-refractivity contribution in [1.29, 1.82) is 0 Å². The van der Waals surface area contributed by atoms with Gasteiger partial charge < -0.3 is 10.6 Å². The quantitative estimate of drug-likeness (QED) is 0.210. The molecule has 4 rings (SSSR count). The van der Waals surface area contributed by atoms with Crippen molar-refractivity contribution in [3.63, 3.8) is 0 Å². The summed E-state index contributed by atoms with van der Waals surface area (Å²) in [5, 5.41) is 0. The molecule has 0 saturated carbocycles. The minimum absolute atomic E-state index is 0.751. The zero-order chi connectivity index (χ0) is 27.8. The number of nitrogens with two attached hydrogens (primary N) is 1. The molecule has 0 spiro atoms. The molecule has 0 aromatic heterocycles. The molecule has 0 aliphatic heterocycles. The molecule has 0 heterocycles. The first kappa shape index (κ1) is 28.5. The largest absolute Gasteiger partial charge is 0.399 e. The number of hydrogen-bond donors (Lipinski definition) is 1. The van der Waals surface area contributed by atoms with Crippen LogP contribution >= 0.6 is 0 Å². The summed E-state index contributed by atoms with van der Waals surface area (Å²) < 4.78 is 0. The van der Waals surface area contributed by atoms with E-state index in [-0.39, 0.29) is 0 Å². The molecule has 4 aromatic carbocycles. The minimum atomic E-state index is 0.751. The highest BCUT2D eigenvalue weighted by molar-refractivity contribution is 5.85. The zero-order valence-corrected chi connectivity index (χ0v) is 24.3. The van der Waals surface area contributed by atoms with Crippen LogP contribution in [0.4, 0.5) is 22.7 Å². The second-order valence-corrected chi connectivity index (χ2v) is 9.45. The van der Waals surface area contributed by atoms with Gasteiger partial charge in [-0.2, -0.15) is 0 Å². The number of hydrogen-bond acceptors (Lipinski definition) is 2. The fraction of sp³-hybridized carbons (Fsp3) is 0.222. The van der Waals surface area contributed by atoms with E-state index in [1.54, 1.807) is 0 Å². The first-order valence-corrected chi connectivity index (χ1v) is 13.6. The van der Waals surface area contributed by atoms with Crippen molar-refractivity contribution < 1.29 is 0 Å². The zero-order valence-electron chi connectivity index (χ0n) is 24.3. The third-order valence-corrected chi connectivity index (χ3v) is 6.69. The SMILES string of the molecule is C/C=C\C(=C/C)c1c(C)cc(N(c2cccc(N)c2)c2cc(C)c(-c3ccccc3)c(C)c2)cc1C.CC. The maximum Gasteiger partial charge on any atom is 0.0482 e. The van der Waals surface area contributed by atoms with Gasteiger partial charge in [-0.15, -0.1) is 0 Å². The van der Waals surface area contributed by atoms with E-state index in [0.29, 0.717) is 0 Å². The maximum atomic E-state index is 6.25. The normalized spacial score (nSPS) is 11.3. The lowest BCUT2D eigenvalue weighted by atomic mass is 9.93. The van der Waals surface area contributed by atoms with Crippen LogP contribution in [-0.2, 0) is 0 Å². The molecular weight excluding hydrogens is 460 g/mol. The number of allylic oxidation sites excluding steroid dienone is 4. The molecule has 0 aliphatic rings. The summed E-state index contributed by atoms with van der Waals surface area (Å²) >= 11 is 0. The molecule has 0 amide bonds. The van der Waals surface area contributed by atoms with Crippen molar-refractivity contribution in [1.82, 2.24) is 0 Å². The van der Waals surface area contributed by atoms with Crippen LogP contribution in [0, 0.1) is 27.7 Å². The van der Waals surface area contributed by atoms with E-state index in [9.17, 15) is 0 Å². The van der Waals surface area contributed by atoms with Gasteiger partial charge in [0.15, 0.2) is 0 Å². The van der Waals surface area contributed by atoms with Crippen LogP contribution in [0.15, 0.2) is 97.1 Å². The van der Waals surface area contributed by atoms with Crippen molar-refractivity contribution in [2.24, 2.45) is 0 Å². The van der Waals surface area contributed by atoms with E-state index in [1.165, 1.54) is 44.5 Å². The predicted octanol–water partition coefficient (Wildman–Crippen LogP) is 10.6. The average Bonchev–Trinajstić information content (AvgIpc) is 2.89. The number of nitrogen functional groups attached to an aromatic ring is 1. The molecule has 2 heteroatoms. The van der Waals surface area contributed by atoms with Gasteiger partial charge in [0.2, 0.25) is 0 Å². The molecule has 0 atom stereocenters. The van der Waals surface area contributed by atoms with Crippen LogP contribution in [0.25, 0.3) is 16.7 Å². The first-order valence-electron chi connectivity index (χ1n) is 13.6. The van der Waals surface area contributed by atoms with Crippen LogP contribution < -0.4 is 10.6 Å². The van der Waals surface area contributed by atoms with Crippen molar-refractivity contribution in [2.45, 2.75) is 55.4 Å². The number of benzene rings is 4. The van der Waals surface area contributed by atoms with Gasteiger partial charge in [0, 0.05) is 22.7 Å². The van der Waals surface area contributed by atoms with Crippen LogP contribution in [-0.4, -0.2) is 0 Å². The fourth-order valence-corrected chi connectivity index (χ4v) is 5.27. The summed E-state index contributed by atoms with van der Waals surface area (Å²) in [6, 6.07) is 27.9. The first-order chi connectivity index (χ1) is 18.3. The Labute approximate surface area is 230 Å². The molecule has 0 fully saturated rings. The van der Waals surface area contributed by atoms with E-state index in [0.717, 1.165) is 22.7 Å². The second kappa shape index (κ2) is 13.0. The average molecular weight is 503 g/mol.